The molecule has 0 radical (unpaired) electrons. The van der Waals surface area contributed by atoms with Crippen LogP contribution in [0.4, 0.5) is 11.4 Å². The molecule has 27 heavy (non-hydrogen) atoms. The fraction of sp³-hybridized carbons (Fsp3) is 0.556. The van der Waals surface area contributed by atoms with Gasteiger partial charge in [0.25, 0.3) is 11.6 Å². The lowest BCUT2D eigenvalue weighted by molar-refractivity contribution is -0.385. The van der Waals surface area contributed by atoms with Crippen LogP contribution in [0.15, 0.2) is 18.2 Å². The minimum atomic E-state index is -0.545. The minimum absolute atomic E-state index is 0.0786. The molecule has 4 rings (SSSR count). The Bertz CT molecular complexity index is 794. The van der Waals surface area contributed by atoms with Crippen LogP contribution in [0.2, 0.25) is 0 Å². The molecule has 3 aliphatic heterocycles. The van der Waals surface area contributed by atoms with Crippen LogP contribution in [0, 0.1) is 17.0 Å². The van der Waals surface area contributed by atoms with Gasteiger partial charge in [-0.2, -0.15) is 0 Å². The van der Waals surface area contributed by atoms with Gasteiger partial charge in [0.2, 0.25) is 5.91 Å². The first-order chi connectivity index (χ1) is 12.9. The molecule has 1 aromatic rings. The maximum Gasteiger partial charge on any atom is 0.274 e. The molecule has 3 heterocycles. The van der Waals surface area contributed by atoms with Gasteiger partial charge < -0.3 is 9.47 Å². The zero-order chi connectivity index (χ0) is 19.2. The molecule has 3 fully saturated rings. The van der Waals surface area contributed by atoms with Crippen LogP contribution in [0.1, 0.15) is 24.8 Å². The molecule has 0 aliphatic carbocycles. The Morgan fingerprint density at radius 1 is 1.19 bits per heavy atom. The van der Waals surface area contributed by atoms with Crippen LogP contribution >= 0.6 is 0 Å². The fourth-order valence-electron chi connectivity index (χ4n) is 4.07. The van der Waals surface area contributed by atoms with Crippen molar-refractivity contribution in [3.8, 4) is 0 Å². The monoisotopic (exact) mass is 375 g/mol. The number of nitro groups is 1. The molecule has 0 unspecified atom stereocenters. The van der Waals surface area contributed by atoms with Crippen molar-refractivity contribution in [2.24, 2.45) is 0 Å². The van der Waals surface area contributed by atoms with Gasteiger partial charge in [0.1, 0.15) is 0 Å². The molecule has 2 amide bonds. The number of anilines is 1. The number of rotatable bonds is 3. The number of piperidine rings is 1. The summed E-state index contributed by atoms with van der Waals surface area (Å²) in [6.45, 7) is 3.99. The van der Waals surface area contributed by atoms with Crippen molar-refractivity contribution in [3.05, 3.63) is 33.9 Å². The average Bonchev–Trinajstić information content (AvgIpc) is 3.21. The summed E-state index contributed by atoms with van der Waals surface area (Å²) in [6, 6.07) is 3.88. The average molecular weight is 375 g/mol. The smallest absolute Gasteiger partial charge is 0.274 e. The molecule has 9 nitrogen and oxygen atoms in total. The largest absolute Gasteiger partial charge is 0.347 e. The van der Waals surface area contributed by atoms with Gasteiger partial charge in [-0.15, -0.1) is 0 Å². The second kappa shape index (κ2) is 6.66. The van der Waals surface area contributed by atoms with E-state index in [2.05, 4.69) is 0 Å². The SMILES string of the molecule is Cc1ccc(N2C(=O)C[C@@H](N3CCC4(CC3)OCCO4)C2=O)cc1[N+](=O)[O-]. The molecule has 0 saturated carbocycles. The second-order valence-corrected chi connectivity index (χ2v) is 7.16. The van der Waals surface area contributed by atoms with E-state index in [0.29, 0.717) is 44.7 Å². The van der Waals surface area contributed by atoms with Gasteiger partial charge >= 0.3 is 0 Å². The van der Waals surface area contributed by atoms with Gasteiger partial charge in [-0.1, -0.05) is 6.07 Å². The lowest BCUT2D eigenvalue weighted by Crippen LogP contribution is -2.51. The summed E-state index contributed by atoms with van der Waals surface area (Å²) >= 11 is 0. The summed E-state index contributed by atoms with van der Waals surface area (Å²) in [5.41, 5.74) is 0.630. The Balaban J connectivity index is 1.51. The molecular formula is C18H21N3O6. The zero-order valence-electron chi connectivity index (χ0n) is 15.1. The minimum Gasteiger partial charge on any atom is -0.347 e. The Morgan fingerprint density at radius 3 is 2.48 bits per heavy atom. The highest BCUT2D eigenvalue weighted by atomic mass is 16.7. The van der Waals surface area contributed by atoms with Gasteiger partial charge in [-0.05, 0) is 13.0 Å². The van der Waals surface area contributed by atoms with E-state index in [4.69, 9.17) is 9.47 Å². The Kier molecular flexibility index (Phi) is 4.45. The van der Waals surface area contributed by atoms with Crippen LogP contribution in [0.5, 0.6) is 0 Å². The van der Waals surface area contributed by atoms with E-state index in [1.54, 1.807) is 19.1 Å². The van der Waals surface area contributed by atoms with Crippen LogP contribution in [-0.4, -0.2) is 59.8 Å². The van der Waals surface area contributed by atoms with Gasteiger partial charge in [0.05, 0.1) is 36.3 Å². The second-order valence-electron chi connectivity index (χ2n) is 7.16. The van der Waals surface area contributed by atoms with Crippen LogP contribution < -0.4 is 4.90 Å². The Labute approximate surface area is 156 Å². The van der Waals surface area contributed by atoms with Crippen LogP contribution in [-0.2, 0) is 19.1 Å². The van der Waals surface area contributed by atoms with Gasteiger partial charge in [-0.3, -0.25) is 24.6 Å². The molecule has 0 bridgehead atoms. The van der Waals surface area contributed by atoms with Crippen molar-refractivity contribution in [2.45, 2.75) is 38.0 Å². The number of carbonyl (C=O) groups excluding carboxylic acids is 2. The van der Waals surface area contributed by atoms with Crippen molar-refractivity contribution < 1.29 is 24.0 Å². The standard InChI is InChI=1S/C18H21N3O6/c1-12-2-3-13(10-14(12)21(24)25)20-16(22)11-15(17(20)23)19-6-4-18(5-7-19)26-8-9-27-18/h2-3,10,15H,4-9,11H2,1H3/t15-/m1/s1. The lowest BCUT2D eigenvalue weighted by atomic mass is 10.0. The highest BCUT2D eigenvalue weighted by Gasteiger charge is 2.47. The maximum absolute atomic E-state index is 12.9. The van der Waals surface area contributed by atoms with Crippen molar-refractivity contribution in [3.63, 3.8) is 0 Å². The first-order valence-electron chi connectivity index (χ1n) is 9.04. The molecule has 9 heteroatoms. The summed E-state index contributed by atoms with van der Waals surface area (Å²) in [5, 5.41) is 11.2. The van der Waals surface area contributed by atoms with E-state index in [1.165, 1.54) is 6.07 Å². The van der Waals surface area contributed by atoms with Gasteiger partial charge in [0, 0.05) is 37.6 Å². The molecule has 1 spiro atoms. The number of carbonyl (C=O) groups is 2. The van der Waals surface area contributed by atoms with Crippen LogP contribution in [0.25, 0.3) is 0 Å². The highest BCUT2D eigenvalue weighted by molar-refractivity contribution is 6.22. The quantitative estimate of drug-likeness (QED) is 0.447. The first kappa shape index (κ1) is 18.0. The molecule has 1 aromatic carbocycles. The maximum atomic E-state index is 12.9. The van der Waals surface area contributed by atoms with Gasteiger partial charge in [-0.25, -0.2) is 4.90 Å². The number of aryl methyl sites for hydroxylation is 1. The number of hydrogen-bond acceptors (Lipinski definition) is 7. The molecule has 3 aliphatic rings. The number of nitro benzene ring substituents is 1. The molecule has 3 saturated heterocycles. The zero-order valence-corrected chi connectivity index (χ0v) is 15.1. The van der Waals surface area contributed by atoms with E-state index in [9.17, 15) is 19.7 Å². The first-order valence-corrected chi connectivity index (χ1v) is 9.04. The third-order valence-electron chi connectivity index (χ3n) is 5.58. The summed E-state index contributed by atoms with van der Waals surface area (Å²) in [5.74, 6) is -1.21. The topological polar surface area (TPSA) is 102 Å². The van der Waals surface area contributed by atoms with Crippen molar-refractivity contribution in [1.82, 2.24) is 4.90 Å². The van der Waals surface area contributed by atoms with Crippen LogP contribution in [0.3, 0.4) is 0 Å². The number of imide groups is 1. The Morgan fingerprint density at radius 2 is 1.85 bits per heavy atom. The van der Waals surface area contributed by atoms with Crippen molar-refractivity contribution in [1.29, 1.82) is 0 Å². The number of likely N-dealkylation sites (tertiary alicyclic amines) is 1. The van der Waals surface area contributed by atoms with Crippen molar-refractivity contribution >= 4 is 23.2 Å². The third kappa shape index (κ3) is 3.11. The number of hydrogen-bond donors (Lipinski definition) is 0. The molecule has 0 N–H and O–H groups in total. The van der Waals surface area contributed by atoms with E-state index in [-0.39, 0.29) is 29.6 Å². The molecular weight excluding hydrogens is 354 g/mol. The molecule has 0 aromatic heterocycles. The predicted molar refractivity (Wildman–Crippen MR) is 94.2 cm³/mol. The van der Waals surface area contributed by atoms with Crippen molar-refractivity contribution in [2.75, 3.05) is 31.2 Å². The predicted octanol–water partition coefficient (Wildman–Crippen LogP) is 1.37. The van der Waals surface area contributed by atoms with E-state index in [0.717, 1.165) is 4.90 Å². The normalized spacial score (nSPS) is 25.5. The molecule has 144 valence electrons. The van der Waals surface area contributed by atoms with E-state index in [1.807, 2.05) is 4.90 Å². The van der Waals surface area contributed by atoms with Gasteiger partial charge in [0.15, 0.2) is 5.79 Å². The van der Waals surface area contributed by atoms with E-state index < -0.39 is 16.8 Å². The molecule has 1 atom stereocenters. The summed E-state index contributed by atoms with van der Waals surface area (Å²) in [7, 11) is 0. The number of nitrogens with zero attached hydrogens (tertiary/aromatic N) is 3. The third-order valence-corrected chi connectivity index (χ3v) is 5.58. The Hall–Kier alpha value is -2.36. The summed E-state index contributed by atoms with van der Waals surface area (Å²) in [4.78, 5) is 39.2. The highest BCUT2D eigenvalue weighted by Crippen LogP contribution is 2.35. The summed E-state index contributed by atoms with van der Waals surface area (Å²) in [6.07, 6.45) is 1.39. The van der Waals surface area contributed by atoms with E-state index >= 15 is 0 Å². The number of ether oxygens (including phenoxy) is 2. The fourth-order valence-corrected chi connectivity index (χ4v) is 4.07. The number of benzene rings is 1. The lowest BCUT2D eigenvalue weighted by Gasteiger charge is -2.39. The number of amides is 2. The summed E-state index contributed by atoms with van der Waals surface area (Å²) < 4.78 is 11.4.